The maximum Gasteiger partial charge on any atom is 0.332 e. The molecule has 1 N–H and O–H groups in total. The second-order valence-electron chi connectivity index (χ2n) is 6.17. The number of nitrogens with zero attached hydrogens (tertiary/aromatic N) is 5. The van der Waals surface area contributed by atoms with Gasteiger partial charge in [-0.05, 0) is 25.5 Å². The Morgan fingerprint density at radius 3 is 2.56 bits per heavy atom. The van der Waals surface area contributed by atoms with E-state index < -0.39 is 5.69 Å². The standard InChI is InChI=1S/C19H22N6O2/c1-5-25-15-16(23(3)19(27)24(4)17(15)26)20-18(25)22-21-13(2)11-12-14-9-7-6-8-10-14/h6-12H,5H2,1-4H3,(H,20,22)/b12-11+,21-13+. The number of benzene rings is 1. The zero-order valence-electron chi connectivity index (χ0n) is 15.8. The predicted molar refractivity (Wildman–Crippen MR) is 108 cm³/mol. The molecule has 0 fully saturated rings. The number of hydrogen-bond donors (Lipinski definition) is 1. The van der Waals surface area contributed by atoms with Crippen LogP contribution in [0.3, 0.4) is 0 Å². The van der Waals surface area contributed by atoms with Crippen molar-refractivity contribution < 1.29 is 0 Å². The first-order chi connectivity index (χ1) is 12.9. The van der Waals surface area contributed by atoms with Crippen LogP contribution in [-0.2, 0) is 20.6 Å². The highest BCUT2D eigenvalue weighted by Gasteiger charge is 2.17. The van der Waals surface area contributed by atoms with Gasteiger partial charge in [-0.2, -0.15) is 10.1 Å². The zero-order chi connectivity index (χ0) is 19.6. The third-order valence-electron chi connectivity index (χ3n) is 4.31. The van der Waals surface area contributed by atoms with Crippen LogP contribution in [0.4, 0.5) is 5.95 Å². The molecule has 140 valence electrons. The van der Waals surface area contributed by atoms with Crippen molar-refractivity contribution in [2.75, 3.05) is 5.43 Å². The largest absolute Gasteiger partial charge is 0.332 e. The Hall–Kier alpha value is -3.42. The minimum Gasteiger partial charge on any atom is -0.303 e. The minimum atomic E-state index is -0.412. The van der Waals surface area contributed by atoms with Crippen molar-refractivity contribution in [3.05, 3.63) is 62.8 Å². The minimum absolute atomic E-state index is 0.333. The molecule has 0 radical (unpaired) electrons. The Morgan fingerprint density at radius 1 is 1.19 bits per heavy atom. The molecule has 0 saturated heterocycles. The molecule has 27 heavy (non-hydrogen) atoms. The summed E-state index contributed by atoms with van der Waals surface area (Å²) >= 11 is 0. The van der Waals surface area contributed by atoms with Gasteiger partial charge in [0, 0.05) is 20.6 Å². The van der Waals surface area contributed by atoms with Crippen LogP contribution >= 0.6 is 0 Å². The van der Waals surface area contributed by atoms with Gasteiger partial charge in [-0.1, -0.05) is 36.4 Å². The number of aryl methyl sites for hydroxylation is 2. The Labute approximate surface area is 156 Å². The first-order valence-corrected chi connectivity index (χ1v) is 8.63. The summed E-state index contributed by atoms with van der Waals surface area (Å²) in [6, 6.07) is 9.91. The fourth-order valence-electron chi connectivity index (χ4n) is 2.80. The number of allylic oxidation sites excluding steroid dienone is 1. The molecule has 3 aromatic rings. The number of imidazole rings is 1. The van der Waals surface area contributed by atoms with Crippen LogP contribution in [0.1, 0.15) is 19.4 Å². The molecule has 0 aliphatic heterocycles. The van der Waals surface area contributed by atoms with Gasteiger partial charge in [-0.25, -0.2) is 10.2 Å². The van der Waals surface area contributed by atoms with E-state index in [2.05, 4.69) is 15.5 Å². The van der Waals surface area contributed by atoms with Crippen LogP contribution in [0, 0.1) is 0 Å². The molecule has 0 spiro atoms. The van der Waals surface area contributed by atoms with E-state index in [1.54, 1.807) is 11.6 Å². The van der Waals surface area contributed by atoms with Gasteiger partial charge in [0.15, 0.2) is 11.2 Å². The van der Waals surface area contributed by atoms with E-state index in [1.165, 1.54) is 11.6 Å². The maximum atomic E-state index is 12.5. The molecule has 0 aliphatic carbocycles. The molecule has 0 saturated carbocycles. The Kier molecular flexibility index (Phi) is 5.07. The van der Waals surface area contributed by atoms with Crippen LogP contribution in [0.2, 0.25) is 0 Å². The molecule has 0 unspecified atom stereocenters. The molecule has 0 atom stereocenters. The maximum absolute atomic E-state index is 12.5. The van der Waals surface area contributed by atoms with E-state index in [4.69, 9.17) is 0 Å². The van der Waals surface area contributed by atoms with Crippen molar-refractivity contribution >= 4 is 28.9 Å². The Bertz CT molecular complexity index is 1150. The molecule has 0 bridgehead atoms. The van der Waals surface area contributed by atoms with E-state index in [9.17, 15) is 9.59 Å². The number of anilines is 1. The molecule has 2 aromatic heterocycles. The van der Waals surface area contributed by atoms with Gasteiger partial charge in [0.25, 0.3) is 5.56 Å². The lowest BCUT2D eigenvalue weighted by atomic mass is 10.2. The molecular formula is C19H22N6O2. The third-order valence-corrected chi connectivity index (χ3v) is 4.31. The van der Waals surface area contributed by atoms with Crippen molar-refractivity contribution in [3.63, 3.8) is 0 Å². The average molecular weight is 366 g/mol. The summed E-state index contributed by atoms with van der Waals surface area (Å²) in [6.45, 7) is 4.28. The molecule has 0 aliphatic rings. The molecule has 8 nitrogen and oxygen atoms in total. The second kappa shape index (κ2) is 7.45. The summed E-state index contributed by atoms with van der Waals surface area (Å²) in [4.78, 5) is 29.0. The van der Waals surface area contributed by atoms with E-state index in [0.29, 0.717) is 23.7 Å². The topological polar surface area (TPSA) is 86.2 Å². The number of rotatable bonds is 5. The molecule has 1 aromatic carbocycles. The number of hydrazone groups is 1. The van der Waals surface area contributed by atoms with E-state index in [1.807, 2.05) is 56.3 Å². The fraction of sp³-hybridized carbons (Fsp3) is 0.263. The molecule has 0 amide bonds. The van der Waals surface area contributed by atoms with Crippen molar-refractivity contribution in [1.29, 1.82) is 0 Å². The van der Waals surface area contributed by atoms with E-state index >= 15 is 0 Å². The van der Waals surface area contributed by atoms with Gasteiger partial charge >= 0.3 is 5.69 Å². The van der Waals surface area contributed by atoms with Crippen molar-refractivity contribution in [2.45, 2.75) is 20.4 Å². The van der Waals surface area contributed by atoms with Gasteiger partial charge < -0.3 is 4.57 Å². The lowest BCUT2D eigenvalue weighted by Crippen LogP contribution is -2.37. The summed E-state index contributed by atoms with van der Waals surface area (Å²) < 4.78 is 4.16. The highest BCUT2D eigenvalue weighted by Crippen LogP contribution is 2.15. The quantitative estimate of drug-likeness (QED) is 0.552. The number of fused-ring (bicyclic) bond motifs is 1. The van der Waals surface area contributed by atoms with Gasteiger partial charge in [-0.15, -0.1) is 0 Å². The first-order valence-electron chi connectivity index (χ1n) is 8.63. The van der Waals surface area contributed by atoms with E-state index in [-0.39, 0.29) is 5.56 Å². The molecule has 2 heterocycles. The average Bonchev–Trinajstić information content (AvgIpc) is 3.07. The van der Waals surface area contributed by atoms with Crippen LogP contribution in [0.5, 0.6) is 0 Å². The predicted octanol–water partition coefficient (Wildman–Crippen LogP) is 1.95. The summed E-state index contributed by atoms with van der Waals surface area (Å²) in [7, 11) is 3.05. The van der Waals surface area contributed by atoms with Gasteiger partial charge in [0.05, 0.1) is 5.71 Å². The zero-order valence-corrected chi connectivity index (χ0v) is 15.8. The summed E-state index contributed by atoms with van der Waals surface area (Å²) in [5, 5.41) is 4.32. The smallest absolute Gasteiger partial charge is 0.303 e. The summed E-state index contributed by atoms with van der Waals surface area (Å²) in [6.07, 6.45) is 3.85. The van der Waals surface area contributed by atoms with Gasteiger partial charge in [-0.3, -0.25) is 13.9 Å². The molecule has 8 heteroatoms. The van der Waals surface area contributed by atoms with Crippen molar-refractivity contribution in [2.24, 2.45) is 19.2 Å². The highest BCUT2D eigenvalue weighted by atomic mass is 16.2. The van der Waals surface area contributed by atoms with Gasteiger partial charge in [0.2, 0.25) is 5.95 Å². The molecular weight excluding hydrogens is 344 g/mol. The molecule has 3 rings (SSSR count). The first kappa shape index (κ1) is 18.4. The number of nitrogens with one attached hydrogen (secondary N) is 1. The SMILES string of the molecule is CCn1c(N/N=C(C)/C=C/c2ccccc2)nc2c1c(=O)n(C)c(=O)n2C. The normalized spacial score (nSPS) is 12.2. The van der Waals surface area contributed by atoms with Crippen LogP contribution < -0.4 is 16.7 Å². The fourth-order valence-corrected chi connectivity index (χ4v) is 2.80. The highest BCUT2D eigenvalue weighted by molar-refractivity contribution is 5.96. The monoisotopic (exact) mass is 366 g/mol. The third kappa shape index (κ3) is 3.46. The second-order valence-corrected chi connectivity index (χ2v) is 6.17. The Morgan fingerprint density at radius 2 is 1.89 bits per heavy atom. The summed E-state index contributed by atoms with van der Waals surface area (Å²) in [5.41, 5.74) is 4.65. The van der Waals surface area contributed by atoms with Crippen LogP contribution in [0.25, 0.3) is 17.2 Å². The van der Waals surface area contributed by atoms with Crippen molar-refractivity contribution in [3.8, 4) is 0 Å². The van der Waals surface area contributed by atoms with Crippen LogP contribution in [-0.4, -0.2) is 24.4 Å². The van der Waals surface area contributed by atoms with E-state index in [0.717, 1.165) is 15.8 Å². The Balaban J connectivity index is 1.97. The lowest BCUT2D eigenvalue weighted by Gasteiger charge is -2.06. The summed E-state index contributed by atoms with van der Waals surface area (Å²) in [5.74, 6) is 0.415. The number of hydrogen-bond acceptors (Lipinski definition) is 5. The van der Waals surface area contributed by atoms with Crippen LogP contribution in [0.15, 0.2) is 51.1 Å². The number of aromatic nitrogens is 4. The van der Waals surface area contributed by atoms with Crippen molar-refractivity contribution in [1.82, 2.24) is 18.7 Å². The lowest BCUT2D eigenvalue weighted by molar-refractivity contribution is 0.700. The van der Waals surface area contributed by atoms with Gasteiger partial charge in [0.1, 0.15) is 0 Å².